The van der Waals surface area contributed by atoms with Gasteiger partial charge >= 0.3 is 0 Å². The Bertz CT molecular complexity index is 1310. The summed E-state index contributed by atoms with van der Waals surface area (Å²) in [7, 11) is 0. The number of unbranched alkanes of at least 4 members (excludes halogenated alkanes) is 1. The minimum absolute atomic E-state index is 0.0650. The minimum atomic E-state index is 0.0650. The molecule has 0 N–H and O–H groups in total. The van der Waals surface area contributed by atoms with Crippen molar-refractivity contribution in [2.24, 2.45) is 0 Å². The molecule has 0 fully saturated rings. The van der Waals surface area contributed by atoms with Crippen LogP contribution >= 0.6 is 11.3 Å². The minimum Gasteiger partial charge on any atom is -0.342 e. The van der Waals surface area contributed by atoms with E-state index in [-0.39, 0.29) is 5.56 Å². The molecule has 34 heavy (non-hydrogen) atoms. The highest BCUT2D eigenvalue weighted by Gasteiger charge is 2.26. The Morgan fingerprint density at radius 1 is 1.03 bits per heavy atom. The summed E-state index contributed by atoms with van der Waals surface area (Å²) in [6.07, 6.45) is 3.07. The smallest absolute Gasteiger partial charge is 0.268 e. The zero-order valence-corrected chi connectivity index (χ0v) is 20.9. The van der Waals surface area contributed by atoms with E-state index in [2.05, 4.69) is 54.0 Å². The van der Waals surface area contributed by atoms with E-state index in [4.69, 9.17) is 4.98 Å². The van der Waals surface area contributed by atoms with Crippen LogP contribution in [-0.2, 0) is 19.5 Å². The van der Waals surface area contributed by atoms with Gasteiger partial charge in [0.05, 0.1) is 11.1 Å². The molecule has 0 aliphatic carbocycles. The number of thiophene rings is 1. The van der Waals surface area contributed by atoms with Crippen LogP contribution in [0.25, 0.3) is 15.9 Å². The maximum Gasteiger partial charge on any atom is 0.268 e. The van der Waals surface area contributed by atoms with E-state index in [0.29, 0.717) is 0 Å². The van der Waals surface area contributed by atoms with Gasteiger partial charge in [0.1, 0.15) is 4.83 Å². The first-order valence-electron chi connectivity index (χ1n) is 12.3. The molecule has 5 nitrogen and oxygen atoms in total. The summed E-state index contributed by atoms with van der Waals surface area (Å²) in [5, 5.41) is 0.818. The van der Waals surface area contributed by atoms with Gasteiger partial charge in [-0.1, -0.05) is 61.9 Å². The van der Waals surface area contributed by atoms with Crippen LogP contribution in [0, 0.1) is 0 Å². The Balaban J connectivity index is 1.59. The zero-order valence-electron chi connectivity index (χ0n) is 20.0. The fourth-order valence-electron chi connectivity index (χ4n) is 4.83. The number of anilines is 1. The molecule has 0 spiro atoms. The largest absolute Gasteiger partial charge is 0.342 e. The van der Waals surface area contributed by atoms with Crippen LogP contribution in [0.15, 0.2) is 65.5 Å². The van der Waals surface area contributed by atoms with Gasteiger partial charge in [0.25, 0.3) is 5.56 Å². The van der Waals surface area contributed by atoms with Crippen molar-refractivity contribution < 1.29 is 0 Å². The number of benzene rings is 2. The molecule has 4 aromatic rings. The Labute approximate surface area is 205 Å². The molecule has 1 aliphatic heterocycles. The molecule has 5 rings (SSSR count). The Morgan fingerprint density at radius 2 is 1.76 bits per heavy atom. The van der Waals surface area contributed by atoms with Crippen LogP contribution in [0.1, 0.15) is 42.7 Å². The van der Waals surface area contributed by atoms with E-state index < -0.39 is 0 Å². The molecule has 0 saturated heterocycles. The molecule has 0 saturated carbocycles. The van der Waals surface area contributed by atoms with Crippen LogP contribution in [0.5, 0.6) is 0 Å². The molecule has 0 amide bonds. The van der Waals surface area contributed by atoms with E-state index in [9.17, 15) is 4.79 Å². The van der Waals surface area contributed by atoms with E-state index in [1.165, 1.54) is 16.0 Å². The zero-order chi connectivity index (χ0) is 23.5. The normalized spacial score (nSPS) is 13.8. The maximum absolute atomic E-state index is 14.0. The highest BCUT2D eigenvalue weighted by atomic mass is 32.1. The second-order valence-corrected chi connectivity index (χ2v) is 10.0. The van der Waals surface area contributed by atoms with Crippen molar-refractivity contribution in [1.82, 2.24) is 14.5 Å². The van der Waals surface area contributed by atoms with Gasteiger partial charge in [0.15, 0.2) is 0 Å². The summed E-state index contributed by atoms with van der Waals surface area (Å²) in [6.45, 7) is 8.82. The van der Waals surface area contributed by atoms with Crippen molar-refractivity contribution in [1.29, 1.82) is 0 Å². The van der Waals surface area contributed by atoms with Gasteiger partial charge in [-0.3, -0.25) is 9.69 Å². The summed E-state index contributed by atoms with van der Waals surface area (Å²) < 4.78 is 1.84. The molecule has 6 heteroatoms. The molecule has 2 aromatic carbocycles. The van der Waals surface area contributed by atoms with Crippen molar-refractivity contribution in [2.45, 2.75) is 46.2 Å². The lowest BCUT2D eigenvalue weighted by Gasteiger charge is -2.27. The lowest BCUT2D eigenvalue weighted by molar-refractivity contribution is 0.249. The number of rotatable bonds is 8. The monoisotopic (exact) mass is 472 g/mol. The predicted molar refractivity (Wildman–Crippen MR) is 142 cm³/mol. The second kappa shape index (κ2) is 10.1. The summed E-state index contributed by atoms with van der Waals surface area (Å²) in [5.74, 6) is 0.763. The Morgan fingerprint density at radius 3 is 2.47 bits per heavy atom. The Hall–Kier alpha value is -2.96. The first kappa shape index (κ1) is 22.8. The SMILES string of the molecule is CCCCN(CC)c1nc2sc3c(c2c(=O)n1-c1ccccc1)CCN(Cc1ccccc1)C3. The molecule has 0 radical (unpaired) electrons. The quantitative estimate of drug-likeness (QED) is 0.333. The molecule has 176 valence electrons. The van der Waals surface area contributed by atoms with Crippen LogP contribution in [0.3, 0.4) is 0 Å². The van der Waals surface area contributed by atoms with Crippen molar-refractivity contribution in [3.8, 4) is 5.69 Å². The van der Waals surface area contributed by atoms with E-state index >= 15 is 0 Å². The third kappa shape index (κ3) is 4.40. The molecule has 0 unspecified atom stereocenters. The van der Waals surface area contributed by atoms with Gasteiger partial charge in [0.2, 0.25) is 5.95 Å². The average molecular weight is 473 g/mol. The lowest BCUT2D eigenvalue weighted by Crippen LogP contribution is -2.33. The maximum atomic E-state index is 14.0. The van der Waals surface area contributed by atoms with Crippen molar-refractivity contribution in [2.75, 3.05) is 24.5 Å². The van der Waals surface area contributed by atoms with Gasteiger partial charge in [-0.25, -0.2) is 9.55 Å². The molecular weight excluding hydrogens is 440 g/mol. The summed E-state index contributed by atoms with van der Waals surface area (Å²) in [4.78, 5) is 26.1. The van der Waals surface area contributed by atoms with Gasteiger partial charge in [-0.05, 0) is 43.0 Å². The van der Waals surface area contributed by atoms with E-state index in [1.807, 2.05) is 34.9 Å². The van der Waals surface area contributed by atoms with Gasteiger partial charge in [0, 0.05) is 37.6 Å². The summed E-state index contributed by atoms with van der Waals surface area (Å²) in [5.41, 5.74) is 3.48. The summed E-state index contributed by atoms with van der Waals surface area (Å²) >= 11 is 1.71. The first-order valence-corrected chi connectivity index (χ1v) is 13.1. The molecule has 0 bridgehead atoms. The lowest BCUT2D eigenvalue weighted by atomic mass is 10.0. The van der Waals surface area contributed by atoms with Crippen LogP contribution < -0.4 is 10.5 Å². The number of nitrogens with zero attached hydrogens (tertiary/aromatic N) is 4. The third-order valence-corrected chi connectivity index (χ3v) is 7.76. The molecule has 2 aromatic heterocycles. The number of hydrogen-bond donors (Lipinski definition) is 0. The average Bonchev–Trinajstić information content (AvgIpc) is 3.23. The van der Waals surface area contributed by atoms with Crippen LogP contribution in [0.4, 0.5) is 5.95 Å². The Kier molecular flexibility index (Phi) is 6.79. The third-order valence-electron chi connectivity index (χ3n) is 6.65. The fraction of sp³-hybridized carbons (Fsp3) is 0.357. The molecule has 3 heterocycles. The number of aromatic nitrogens is 2. The van der Waals surface area contributed by atoms with Crippen molar-refractivity contribution in [3.63, 3.8) is 0 Å². The second-order valence-electron chi connectivity index (χ2n) is 8.95. The van der Waals surface area contributed by atoms with Gasteiger partial charge in [-0.2, -0.15) is 0 Å². The topological polar surface area (TPSA) is 41.4 Å². The number of fused-ring (bicyclic) bond motifs is 3. The predicted octanol–water partition coefficient (Wildman–Crippen LogP) is 5.63. The molecular formula is C28H32N4OS. The molecule has 1 aliphatic rings. The van der Waals surface area contributed by atoms with Crippen LogP contribution in [0.2, 0.25) is 0 Å². The van der Waals surface area contributed by atoms with Crippen molar-refractivity contribution in [3.05, 3.63) is 87.0 Å². The summed E-state index contributed by atoms with van der Waals surface area (Å²) in [6, 6.07) is 20.6. The van der Waals surface area contributed by atoms with Crippen LogP contribution in [-0.4, -0.2) is 34.1 Å². The highest BCUT2D eigenvalue weighted by Crippen LogP contribution is 2.34. The highest BCUT2D eigenvalue weighted by molar-refractivity contribution is 7.18. The first-order chi connectivity index (χ1) is 16.7. The number of para-hydroxylation sites is 1. The molecule has 0 atom stereocenters. The van der Waals surface area contributed by atoms with E-state index in [1.54, 1.807) is 11.3 Å². The van der Waals surface area contributed by atoms with E-state index in [0.717, 1.165) is 73.8 Å². The standard InChI is InChI=1S/C28H32N4OS/c1-3-5-17-31(4-2)28-29-26-25(27(33)32(28)22-14-10-7-11-15-22)23-16-18-30(20-24(23)34-26)19-21-12-8-6-9-13-21/h6-15H,3-5,16-20H2,1-2H3. The van der Waals surface area contributed by atoms with Gasteiger partial charge < -0.3 is 4.90 Å². The fourth-order valence-corrected chi connectivity index (χ4v) is 6.08. The van der Waals surface area contributed by atoms with Crippen molar-refractivity contribution >= 4 is 27.5 Å². The number of hydrogen-bond acceptors (Lipinski definition) is 5. The van der Waals surface area contributed by atoms with Gasteiger partial charge in [-0.15, -0.1) is 11.3 Å².